The molecule has 1 fully saturated rings. The predicted octanol–water partition coefficient (Wildman–Crippen LogP) is 4.52. The first kappa shape index (κ1) is 17.6. The van der Waals surface area contributed by atoms with Gasteiger partial charge in [-0.05, 0) is 56.0 Å². The number of amides is 1. The Morgan fingerprint density at radius 1 is 1.32 bits per heavy atom. The van der Waals surface area contributed by atoms with Crippen LogP contribution in [0.1, 0.15) is 61.9 Å². The lowest BCUT2D eigenvalue weighted by atomic mass is 10.0. The molecule has 2 heterocycles. The van der Waals surface area contributed by atoms with Crippen molar-refractivity contribution in [3.8, 4) is 0 Å². The molecule has 5 heteroatoms. The van der Waals surface area contributed by atoms with Crippen LogP contribution in [0.5, 0.6) is 0 Å². The Bertz CT molecular complexity index is 760. The van der Waals surface area contributed by atoms with E-state index in [1.807, 2.05) is 12.3 Å². The number of aryl methyl sites for hydroxylation is 2. The maximum Gasteiger partial charge on any atom is 0.251 e. The van der Waals surface area contributed by atoms with E-state index in [1.165, 1.54) is 0 Å². The quantitative estimate of drug-likeness (QED) is 0.800. The van der Waals surface area contributed by atoms with E-state index >= 15 is 0 Å². The molecule has 0 bridgehead atoms. The molecule has 1 aliphatic rings. The molecule has 2 atom stereocenters. The minimum Gasteiger partial charge on any atom is -0.310 e. The maximum absolute atomic E-state index is 13.9. The molecule has 3 rings (SSSR count). The highest BCUT2D eigenvalue weighted by Crippen LogP contribution is 2.31. The number of hydrogen-bond acceptors (Lipinski definition) is 2. The van der Waals surface area contributed by atoms with Crippen LogP contribution in [0.15, 0.2) is 24.4 Å². The molecule has 0 radical (unpaired) electrons. The maximum atomic E-state index is 13.9. The van der Waals surface area contributed by atoms with Crippen molar-refractivity contribution in [2.45, 2.75) is 58.9 Å². The Morgan fingerprint density at radius 3 is 2.64 bits per heavy atom. The van der Waals surface area contributed by atoms with Crippen LogP contribution in [-0.2, 0) is 4.79 Å². The van der Waals surface area contributed by atoms with Crippen LogP contribution in [0.4, 0.5) is 10.1 Å². The zero-order chi connectivity index (χ0) is 18.1. The lowest BCUT2D eigenvalue weighted by Gasteiger charge is -2.18. The minimum absolute atomic E-state index is 0.0307. The fourth-order valence-corrected chi connectivity index (χ4v) is 3.62. The largest absolute Gasteiger partial charge is 0.310 e. The van der Waals surface area contributed by atoms with E-state index in [2.05, 4.69) is 18.9 Å². The van der Waals surface area contributed by atoms with Gasteiger partial charge in [-0.25, -0.2) is 4.39 Å². The minimum atomic E-state index is -0.270. The molecule has 0 saturated carbocycles. The van der Waals surface area contributed by atoms with Crippen molar-refractivity contribution in [3.05, 3.63) is 47.0 Å². The first-order chi connectivity index (χ1) is 11.9. The summed E-state index contributed by atoms with van der Waals surface area (Å²) in [7, 11) is 0. The molecule has 2 unspecified atom stereocenters. The highest BCUT2D eigenvalue weighted by Gasteiger charge is 2.35. The Hall–Kier alpha value is -2.17. The lowest BCUT2D eigenvalue weighted by molar-refractivity contribution is -0.120. The second-order valence-electron chi connectivity index (χ2n) is 7.10. The molecule has 0 spiro atoms. The average Bonchev–Trinajstić information content (AvgIpc) is 3.19. The molecular weight excluding hydrogens is 317 g/mol. The van der Waals surface area contributed by atoms with E-state index in [1.54, 1.807) is 35.6 Å². The summed E-state index contributed by atoms with van der Waals surface area (Å²) >= 11 is 0. The Balaban J connectivity index is 1.80. The fourth-order valence-electron chi connectivity index (χ4n) is 3.62. The van der Waals surface area contributed by atoms with Crippen molar-refractivity contribution in [2.75, 3.05) is 11.4 Å². The van der Waals surface area contributed by atoms with E-state index in [0.717, 1.165) is 30.6 Å². The van der Waals surface area contributed by atoms with E-state index in [-0.39, 0.29) is 17.8 Å². The third-order valence-corrected chi connectivity index (χ3v) is 5.09. The van der Waals surface area contributed by atoms with Crippen molar-refractivity contribution in [2.24, 2.45) is 0 Å². The number of aromatic nitrogens is 2. The standard InChI is InChI=1S/C20H26FN3O/c1-5-6-13(2)17-7-10-24(22-17)18-8-9-23(20(18)25)16-11-14(3)19(21)15(4)12-16/h7,10-13,18H,5-6,8-9H2,1-4H3. The van der Waals surface area contributed by atoms with Crippen LogP contribution in [0.3, 0.4) is 0 Å². The van der Waals surface area contributed by atoms with Crippen LogP contribution in [0.25, 0.3) is 0 Å². The molecule has 1 aromatic heterocycles. The molecule has 1 amide bonds. The van der Waals surface area contributed by atoms with Crippen molar-refractivity contribution in [3.63, 3.8) is 0 Å². The van der Waals surface area contributed by atoms with Gasteiger partial charge in [-0.1, -0.05) is 20.3 Å². The van der Waals surface area contributed by atoms with Gasteiger partial charge in [0, 0.05) is 24.3 Å². The van der Waals surface area contributed by atoms with E-state index < -0.39 is 0 Å². The van der Waals surface area contributed by atoms with Crippen LogP contribution < -0.4 is 4.90 Å². The summed E-state index contributed by atoms with van der Waals surface area (Å²) in [5.74, 6) is 0.234. The van der Waals surface area contributed by atoms with Crippen molar-refractivity contribution in [1.82, 2.24) is 9.78 Å². The van der Waals surface area contributed by atoms with Gasteiger partial charge in [-0.3, -0.25) is 9.48 Å². The highest BCUT2D eigenvalue weighted by molar-refractivity contribution is 5.98. The summed E-state index contributed by atoms with van der Waals surface area (Å²) in [5, 5.41) is 4.65. The fraction of sp³-hybridized carbons (Fsp3) is 0.500. The second-order valence-corrected chi connectivity index (χ2v) is 7.10. The molecular formula is C20H26FN3O. The molecule has 2 aromatic rings. The smallest absolute Gasteiger partial charge is 0.251 e. The lowest BCUT2D eigenvalue weighted by Crippen LogP contribution is -2.28. The molecule has 25 heavy (non-hydrogen) atoms. The number of anilines is 1. The Kier molecular flexibility index (Phi) is 4.93. The summed E-state index contributed by atoms with van der Waals surface area (Å²) in [5.41, 5.74) is 2.96. The number of rotatable bonds is 5. The Morgan fingerprint density at radius 2 is 2.00 bits per heavy atom. The SMILES string of the molecule is CCCC(C)c1ccn(C2CCN(c3cc(C)c(F)c(C)c3)C2=O)n1. The topological polar surface area (TPSA) is 38.1 Å². The van der Waals surface area contributed by atoms with Crippen molar-refractivity contribution < 1.29 is 9.18 Å². The monoisotopic (exact) mass is 343 g/mol. The highest BCUT2D eigenvalue weighted by atomic mass is 19.1. The van der Waals surface area contributed by atoms with E-state index in [4.69, 9.17) is 0 Å². The van der Waals surface area contributed by atoms with Crippen LogP contribution in [0.2, 0.25) is 0 Å². The zero-order valence-corrected chi connectivity index (χ0v) is 15.4. The average molecular weight is 343 g/mol. The first-order valence-corrected chi connectivity index (χ1v) is 9.05. The van der Waals surface area contributed by atoms with Crippen molar-refractivity contribution >= 4 is 11.6 Å². The Labute approximate surface area is 148 Å². The number of hydrogen-bond donors (Lipinski definition) is 0. The van der Waals surface area contributed by atoms with Gasteiger partial charge < -0.3 is 4.90 Å². The number of carbonyl (C=O) groups is 1. The molecule has 4 nitrogen and oxygen atoms in total. The summed E-state index contributed by atoms with van der Waals surface area (Å²) in [6.45, 7) is 8.44. The van der Waals surface area contributed by atoms with Gasteiger partial charge in [0.1, 0.15) is 11.9 Å². The molecule has 0 aliphatic carbocycles. The molecule has 0 N–H and O–H groups in total. The van der Waals surface area contributed by atoms with Gasteiger partial charge in [0.15, 0.2) is 0 Å². The predicted molar refractivity (Wildman–Crippen MR) is 97.4 cm³/mol. The van der Waals surface area contributed by atoms with Crippen LogP contribution >= 0.6 is 0 Å². The van der Waals surface area contributed by atoms with Crippen LogP contribution in [0, 0.1) is 19.7 Å². The number of nitrogens with zero attached hydrogens (tertiary/aromatic N) is 3. The molecule has 134 valence electrons. The van der Waals surface area contributed by atoms with Gasteiger partial charge >= 0.3 is 0 Å². The second kappa shape index (κ2) is 6.98. The van der Waals surface area contributed by atoms with Gasteiger partial charge in [0.25, 0.3) is 5.91 Å². The van der Waals surface area contributed by atoms with Gasteiger partial charge in [-0.15, -0.1) is 0 Å². The number of halogens is 1. The molecule has 1 aliphatic heterocycles. The van der Waals surface area contributed by atoms with Crippen molar-refractivity contribution in [1.29, 1.82) is 0 Å². The number of carbonyl (C=O) groups excluding carboxylic acids is 1. The van der Waals surface area contributed by atoms with Gasteiger partial charge in [-0.2, -0.15) is 5.10 Å². The summed E-state index contributed by atoms with van der Waals surface area (Å²) in [6, 6.07) is 5.25. The molecule has 1 saturated heterocycles. The first-order valence-electron chi connectivity index (χ1n) is 9.05. The number of benzene rings is 1. The van der Waals surface area contributed by atoms with Crippen LogP contribution in [-0.4, -0.2) is 22.2 Å². The van der Waals surface area contributed by atoms with Gasteiger partial charge in [0.2, 0.25) is 0 Å². The third-order valence-electron chi connectivity index (χ3n) is 5.09. The van der Waals surface area contributed by atoms with E-state index in [0.29, 0.717) is 23.6 Å². The van der Waals surface area contributed by atoms with Gasteiger partial charge in [0.05, 0.1) is 5.69 Å². The summed E-state index contributed by atoms with van der Waals surface area (Å²) in [6.07, 6.45) is 4.84. The third kappa shape index (κ3) is 3.32. The summed E-state index contributed by atoms with van der Waals surface area (Å²) < 4.78 is 15.7. The van der Waals surface area contributed by atoms with E-state index in [9.17, 15) is 9.18 Å². The molecule has 1 aromatic carbocycles. The summed E-state index contributed by atoms with van der Waals surface area (Å²) in [4.78, 5) is 14.6. The zero-order valence-electron chi connectivity index (χ0n) is 15.4. The normalized spacial score (nSPS) is 18.8.